The molecule has 47 heavy (non-hydrogen) atoms. The van der Waals surface area contributed by atoms with Gasteiger partial charge >= 0.3 is 0 Å². The van der Waals surface area contributed by atoms with Crippen molar-refractivity contribution in [3.63, 3.8) is 0 Å². The minimum Gasteiger partial charge on any atom is -0.309 e. The van der Waals surface area contributed by atoms with E-state index >= 15 is 0 Å². The fraction of sp³-hybridized carbons (Fsp3) is 0. The summed E-state index contributed by atoms with van der Waals surface area (Å²) in [6, 6.07) is 64.5. The second-order valence-corrected chi connectivity index (χ2v) is 12.5. The third-order valence-corrected chi connectivity index (χ3v) is 9.93. The Hall–Kier alpha value is -6.18. The molecule has 0 aliphatic rings. The number of hydrogen-bond acceptors (Lipinski definition) is 0. The van der Waals surface area contributed by atoms with Gasteiger partial charge in [0.25, 0.3) is 0 Å². The zero-order chi connectivity index (χ0) is 30.9. The van der Waals surface area contributed by atoms with E-state index < -0.39 is 0 Å². The topological polar surface area (TPSA) is 4.93 Å². The van der Waals surface area contributed by atoms with Crippen molar-refractivity contribution in [3.05, 3.63) is 176 Å². The van der Waals surface area contributed by atoms with Crippen LogP contribution in [0.5, 0.6) is 0 Å². The van der Waals surface area contributed by atoms with Gasteiger partial charge in [-0.2, -0.15) is 0 Å². The minimum absolute atomic E-state index is 1.17. The smallest absolute Gasteiger partial charge is 0.0553 e. The predicted octanol–water partition coefficient (Wildman–Crippen LogP) is 12.7. The molecule has 0 bridgehead atoms. The summed E-state index contributed by atoms with van der Waals surface area (Å²) in [4.78, 5) is 0. The van der Waals surface area contributed by atoms with Crippen LogP contribution in [-0.4, -0.2) is 4.57 Å². The summed E-state index contributed by atoms with van der Waals surface area (Å²) in [6.07, 6.45) is 0. The number of aromatic nitrogens is 1. The third kappa shape index (κ3) is 3.84. The molecule has 10 rings (SSSR count). The number of rotatable bonds is 3. The fourth-order valence-electron chi connectivity index (χ4n) is 7.97. The minimum atomic E-state index is 1.17. The molecule has 1 heterocycles. The molecule has 0 spiro atoms. The van der Waals surface area contributed by atoms with Crippen molar-refractivity contribution in [3.8, 4) is 27.9 Å². The van der Waals surface area contributed by atoms with Gasteiger partial charge in [0.2, 0.25) is 0 Å². The lowest BCUT2D eigenvalue weighted by Gasteiger charge is -2.19. The summed E-state index contributed by atoms with van der Waals surface area (Å²) in [6.45, 7) is 0. The van der Waals surface area contributed by atoms with Crippen molar-refractivity contribution in [2.45, 2.75) is 0 Å². The van der Waals surface area contributed by atoms with Crippen molar-refractivity contribution in [1.29, 1.82) is 0 Å². The number of nitrogens with zero attached hydrogens (tertiary/aromatic N) is 1. The first-order valence-corrected chi connectivity index (χ1v) is 16.3. The van der Waals surface area contributed by atoms with Crippen molar-refractivity contribution >= 4 is 64.9 Å². The summed E-state index contributed by atoms with van der Waals surface area (Å²) < 4.78 is 2.47. The van der Waals surface area contributed by atoms with Gasteiger partial charge in [-0.15, -0.1) is 0 Å². The van der Waals surface area contributed by atoms with Crippen molar-refractivity contribution in [2.75, 3.05) is 0 Å². The lowest BCUT2D eigenvalue weighted by molar-refractivity contribution is 1.19. The Morgan fingerprint density at radius 3 is 1.55 bits per heavy atom. The predicted molar refractivity (Wildman–Crippen MR) is 202 cm³/mol. The number of fused-ring (bicyclic) bond motifs is 8. The van der Waals surface area contributed by atoms with E-state index in [9.17, 15) is 0 Å². The lowest BCUT2D eigenvalue weighted by atomic mass is 9.84. The molecular formula is C46H29N. The highest BCUT2D eigenvalue weighted by Gasteiger charge is 2.22. The van der Waals surface area contributed by atoms with Crippen LogP contribution in [-0.2, 0) is 0 Å². The second-order valence-electron chi connectivity index (χ2n) is 12.5. The Balaban J connectivity index is 1.40. The summed E-state index contributed by atoms with van der Waals surface area (Å²) in [7, 11) is 0. The first-order chi connectivity index (χ1) is 23.3. The zero-order valence-electron chi connectivity index (χ0n) is 25.7. The van der Waals surface area contributed by atoms with Gasteiger partial charge in [-0.25, -0.2) is 0 Å². The van der Waals surface area contributed by atoms with Crippen LogP contribution in [0.25, 0.3) is 92.8 Å². The highest BCUT2D eigenvalue weighted by Crippen LogP contribution is 2.48. The molecule has 218 valence electrons. The quantitative estimate of drug-likeness (QED) is 0.179. The van der Waals surface area contributed by atoms with E-state index in [-0.39, 0.29) is 0 Å². The van der Waals surface area contributed by atoms with E-state index in [1.807, 2.05) is 0 Å². The van der Waals surface area contributed by atoms with Crippen LogP contribution < -0.4 is 0 Å². The van der Waals surface area contributed by atoms with Crippen LogP contribution in [0.4, 0.5) is 0 Å². The number of benzene rings is 9. The van der Waals surface area contributed by atoms with Crippen LogP contribution in [0.2, 0.25) is 0 Å². The van der Waals surface area contributed by atoms with Crippen molar-refractivity contribution in [2.24, 2.45) is 0 Å². The van der Waals surface area contributed by atoms with E-state index in [0.29, 0.717) is 0 Å². The van der Waals surface area contributed by atoms with Gasteiger partial charge < -0.3 is 4.57 Å². The molecule has 0 saturated carbocycles. The van der Waals surface area contributed by atoms with Gasteiger partial charge in [0, 0.05) is 16.5 Å². The Bertz CT molecular complexity index is 2780. The van der Waals surface area contributed by atoms with Gasteiger partial charge in [0.05, 0.1) is 11.0 Å². The van der Waals surface area contributed by atoms with Gasteiger partial charge in [0.1, 0.15) is 0 Å². The molecule has 0 atom stereocenters. The molecule has 1 nitrogen and oxygen atoms in total. The summed E-state index contributed by atoms with van der Waals surface area (Å²) in [5.74, 6) is 0. The molecule has 0 saturated heterocycles. The van der Waals surface area contributed by atoms with Crippen LogP contribution in [0, 0.1) is 0 Å². The first-order valence-electron chi connectivity index (χ1n) is 16.3. The molecule has 0 aliphatic heterocycles. The molecular weight excluding hydrogens is 567 g/mol. The first kappa shape index (κ1) is 26.1. The maximum Gasteiger partial charge on any atom is 0.0553 e. The van der Waals surface area contributed by atoms with Gasteiger partial charge in [-0.1, -0.05) is 152 Å². The molecule has 0 amide bonds. The van der Waals surface area contributed by atoms with Crippen LogP contribution in [0.3, 0.4) is 0 Å². The van der Waals surface area contributed by atoms with E-state index in [2.05, 4.69) is 180 Å². The van der Waals surface area contributed by atoms with Crippen LogP contribution >= 0.6 is 0 Å². The maximum absolute atomic E-state index is 2.47. The second kappa shape index (κ2) is 10.2. The SMILES string of the molecule is c1ccc(-c2c3ccccc3c(-c3cc4c(c5ccccc35)c3ccccc3n4-c3ccc4ccccc4c3)c3ccccc23)cc1. The Labute approximate surface area is 272 Å². The average molecular weight is 596 g/mol. The molecule has 0 radical (unpaired) electrons. The van der Waals surface area contributed by atoms with E-state index in [0.717, 1.165) is 0 Å². The fourth-order valence-corrected chi connectivity index (χ4v) is 7.97. The normalized spacial score (nSPS) is 11.8. The van der Waals surface area contributed by atoms with E-state index in [4.69, 9.17) is 0 Å². The summed E-state index contributed by atoms with van der Waals surface area (Å²) in [5.41, 5.74) is 8.67. The molecule has 0 fully saturated rings. The maximum atomic E-state index is 2.47. The van der Waals surface area contributed by atoms with E-state index in [1.165, 1.54) is 92.8 Å². The van der Waals surface area contributed by atoms with Gasteiger partial charge in [0.15, 0.2) is 0 Å². The molecule has 0 unspecified atom stereocenters. The van der Waals surface area contributed by atoms with Crippen LogP contribution in [0.15, 0.2) is 176 Å². The summed E-state index contributed by atoms with van der Waals surface area (Å²) in [5, 5.41) is 12.7. The van der Waals surface area contributed by atoms with E-state index in [1.54, 1.807) is 0 Å². The largest absolute Gasteiger partial charge is 0.309 e. The van der Waals surface area contributed by atoms with Gasteiger partial charge in [-0.3, -0.25) is 0 Å². The highest BCUT2D eigenvalue weighted by molar-refractivity contribution is 6.29. The highest BCUT2D eigenvalue weighted by atomic mass is 15.0. The molecule has 10 aromatic rings. The van der Waals surface area contributed by atoms with Crippen LogP contribution in [0.1, 0.15) is 0 Å². The third-order valence-electron chi connectivity index (χ3n) is 9.93. The average Bonchev–Trinajstić information content (AvgIpc) is 3.48. The Kier molecular flexibility index (Phi) is 5.64. The standard InChI is InChI=1S/C46H29N/c1-2-15-31(16-3-1)44-36-20-8-10-22-38(36)45(39-23-11-9-21-37(39)44)41-29-43-46(35-19-7-6-18-34(35)41)40-24-12-13-25-42(40)47(43)33-27-26-30-14-4-5-17-32(30)28-33/h1-29H. The van der Waals surface area contributed by atoms with Gasteiger partial charge in [-0.05, 0) is 89.6 Å². The van der Waals surface area contributed by atoms with Crippen molar-refractivity contribution in [1.82, 2.24) is 4.57 Å². The lowest BCUT2D eigenvalue weighted by Crippen LogP contribution is -1.95. The summed E-state index contributed by atoms with van der Waals surface area (Å²) >= 11 is 0. The molecule has 1 aromatic heterocycles. The molecule has 9 aromatic carbocycles. The Morgan fingerprint density at radius 1 is 0.319 bits per heavy atom. The molecule has 0 N–H and O–H groups in total. The van der Waals surface area contributed by atoms with Crippen molar-refractivity contribution < 1.29 is 0 Å². The number of para-hydroxylation sites is 1. The molecule has 1 heteroatoms. The number of hydrogen-bond donors (Lipinski definition) is 0. The Morgan fingerprint density at radius 2 is 0.851 bits per heavy atom. The zero-order valence-corrected chi connectivity index (χ0v) is 25.7. The monoisotopic (exact) mass is 595 g/mol. The molecule has 0 aliphatic carbocycles.